The van der Waals surface area contributed by atoms with Gasteiger partial charge in [0.05, 0.1) is 23.1 Å². The molecular weight excluding hydrogens is 524 g/mol. The molecule has 11 heteroatoms. The van der Waals surface area contributed by atoms with Crippen molar-refractivity contribution in [2.75, 3.05) is 25.4 Å². The molecule has 2 saturated heterocycles. The van der Waals surface area contributed by atoms with Crippen LogP contribution in [-0.4, -0.2) is 54.8 Å². The Kier molecular flexibility index (Phi) is 5.32. The van der Waals surface area contributed by atoms with Crippen molar-refractivity contribution in [1.29, 1.82) is 5.26 Å². The van der Waals surface area contributed by atoms with Gasteiger partial charge in [-0.2, -0.15) is 15.2 Å². The minimum Gasteiger partial charge on any atom is -0.461 e. The van der Waals surface area contributed by atoms with Crippen molar-refractivity contribution >= 4 is 27.5 Å². The molecule has 0 amide bonds. The van der Waals surface area contributed by atoms with Crippen molar-refractivity contribution in [2.45, 2.75) is 75.2 Å². The summed E-state index contributed by atoms with van der Waals surface area (Å²) in [6, 6.07) is 2.76. The molecule has 1 atom stereocenters. The third-order valence-corrected chi connectivity index (χ3v) is 11.0. The van der Waals surface area contributed by atoms with Crippen LogP contribution >= 0.6 is 11.3 Å². The number of nitrogens with zero attached hydrogens (tertiary/aromatic N) is 7. The number of aryl methyl sites for hydroxylation is 2. The Balaban J connectivity index is 1.23. The molecular formula is C29H32N8O2S. The summed E-state index contributed by atoms with van der Waals surface area (Å²) in [5.74, 6) is 0.639. The minimum absolute atomic E-state index is 0.0994. The minimum atomic E-state index is -0.356. The van der Waals surface area contributed by atoms with Crippen LogP contribution in [0.3, 0.4) is 0 Å². The summed E-state index contributed by atoms with van der Waals surface area (Å²) in [7, 11) is 1.93. The Hall–Kier alpha value is -3.49. The third kappa shape index (κ3) is 3.29. The Bertz CT molecular complexity index is 1680. The second-order valence-electron chi connectivity index (χ2n) is 12.0. The highest BCUT2D eigenvalue weighted by molar-refractivity contribution is 7.16. The lowest BCUT2D eigenvalue weighted by atomic mass is 9.62. The molecule has 206 valence electrons. The first-order valence-corrected chi connectivity index (χ1v) is 15.2. The lowest BCUT2D eigenvalue weighted by Crippen LogP contribution is -2.43. The Labute approximate surface area is 236 Å². The van der Waals surface area contributed by atoms with Crippen LogP contribution < -0.4 is 10.5 Å². The number of hydrogen-bond donors (Lipinski definition) is 1. The fraction of sp³-hybridized carbons (Fsp3) is 0.552. The van der Waals surface area contributed by atoms with Gasteiger partial charge in [0.25, 0.3) is 0 Å². The Morgan fingerprint density at radius 2 is 1.93 bits per heavy atom. The molecule has 1 spiro atoms. The monoisotopic (exact) mass is 556 g/mol. The van der Waals surface area contributed by atoms with E-state index in [2.05, 4.69) is 16.0 Å². The van der Waals surface area contributed by atoms with Crippen LogP contribution in [0.1, 0.15) is 78.6 Å². The summed E-state index contributed by atoms with van der Waals surface area (Å²) >= 11 is 1.56. The van der Waals surface area contributed by atoms with Gasteiger partial charge in [-0.05, 0) is 82.9 Å². The fourth-order valence-electron chi connectivity index (χ4n) is 8.11. The smallest absolute Gasteiger partial charge is 0.319 e. The Morgan fingerprint density at radius 1 is 1.12 bits per heavy atom. The zero-order valence-corrected chi connectivity index (χ0v) is 23.5. The predicted octanol–water partition coefficient (Wildman–Crippen LogP) is 4.50. The largest absolute Gasteiger partial charge is 0.461 e. The molecule has 40 heavy (non-hydrogen) atoms. The van der Waals surface area contributed by atoms with E-state index in [1.54, 1.807) is 17.7 Å². The summed E-state index contributed by atoms with van der Waals surface area (Å²) in [4.78, 5) is 18.1. The van der Waals surface area contributed by atoms with Gasteiger partial charge < -0.3 is 19.6 Å². The van der Waals surface area contributed by atoms with Crippen LogP contribution in [0.2, 0.25) is 0 Å². The number of imidazole rings is 1. The molecule has 1 unspecified atom stereocenters. The van der Waals surface area contributed by atoms with Gasteiger partial charge in [-0.15, -0.1) is 11.3 Å². The van der Waals surface area contributed by atoms with Gasteiger partial charge in [0.2, 0.25) is 0 Å². The van der Waals surface area contributed by atoms with Gasteiger partial charge in [-0.1, -0.05) is 5.16 Å². The molecule has 4 aliphatic rings. The van der Waals surface area contributed by atoms with E-state index in [1.165, 1.54) is 17.7 Å². The fourth-order valence-corrected chi connectivity index (χ4v) is 9.27. The van der Waals surface area contributed by atoms with E-state index < -0.39 is 0 Å². The zero-order valence-electron chi connectivity index (χ0n) is 22.7. The number of nitrogens with two attached hydrogens (primary N) is 1. The molecule has 10 nitrogen and oxygen atoms in total. The van der Waals surface area contributed by atoms with E-state index in [0.717, 1.165) is 81.3 Å². The molecule has 0 aromatic carbocycles. The van der Waals surface area contributed by atoms with Gasteiger partial charge >= 0.3 is 6.01 Å². The highest BCUT2D eigenvalue weighted by atomic mass is 32.1. The van der Waals surface area contributed by atoms with E-state index in [-0.39, 0.29) is 11.0 Å². The number of thiophene rings is 1. The maximum atomic E-state index is 10.0. The first-order chi connectivity index (χ1) is 19.5. The van der Waals surface area contributed by atoms with E-state index in [9.17, 15) is 5.26 Å². The Morgan fingerprint density at radius 3 is 2.73 bits per heavy atom. The van der Waals surface area contributed by atoms with Crippen LogP contribution in [0.5, 0.6) is 6.01 Å². The van der Waals surface area contributed by atoms with Gasteiger partial charge in [-0.25, -0.2) is 4.98 Å². The van der Waals surface area contributed by atoms with Crippen LogP contribution in [0.15, 0.2) is 10.9 Å². The van der Waals surface area contributed by atoms with Crippen LogP contribution in [0.25, 0.3) is 22.6 Å². The lowest BCUT2D eigenvalue weighted by molar-refractivity contribution is 0.108. The normalized spacial score (nSPS) is 23.3. The molecule has 4 aromatic heterocycles. The number of ether oxygens (including phenoxy) is 1. The summed E-state index contributed by atoms with van der Waals surface area (Å²) in [5.41, 5.74) is 11.8. The van der Waals surface area contributed by atoms with Gasteiger partial charge in [-0.3, -0.25) is 4.90 Å². The van der Waals surface area contributed by atoms with Crippen molar-refractivity contribution in [3.63, 3.8) is 0 Å². The maximum absolute atomic E-state index is 10.0. The maximum Gasteiger partial charge on any atom is 0.319 e. The molecule has 2 fully saturated rings. The standard InChI is InChI=1S/C29H32N8O2S/c1-36-16-32-22-21(33-27(34-26(22)36)38-15-28-8-4-12-37(28)13-5-9-28)23-17-6-2-10-29(24(17)35-39-23)11-3-7-19-20(29)18(14-30)25(31)40-19/h16H,2-13,15,31H2,1H3. The second-order valence-corrected chi connectivity index (χ2v) is 13.1. The van der Waals surface area contributed by atoms with E-state index in [0.29, 0.717) is 45.8 Å². The second kappa shape index (κ2) is 8.75. The number of anilines is 1. The highest BCUT2D eigenvalue weighted by Crippen LogP contribution is 2.55. The molecule has 2 aliphatic carbocycles. The van der Waals surface area contributed by atoms with E-state index in [4.69, 9.17) is 30.1 Å². The highest BCUT2D eigenvalue weighted by Gasteiger charge is 2.48. The van der Waals surface area contributed by atoms with Crippen molar-refractivity contribution < 1.29 is 9.26 Å². The lowest BCUT2D eigenvalue weighted by Gasteiger charge is -2.39. The van der Waals surface area contributed by atoms with Crippen LogP contribution in [0.4, 0.5) is 5.00 Å². The van der Waals surface area contributed by atoms with Crippen LogP contribution in [-0.2, 0) is 25.3 Å². The van der Waals surface area contributed by atoms with Crippen molar-refractivity contribution in [3.05, 3.63) is 33.6 Å². The van der Waals surface area contributed by atoms with Gasteiger partial charge in [0.1, 0.15) is 28.9 Å². The van der Waals surface area contributed by atoms with Crippen LogP contribution in [0, 0.1) is 11.3 Å². The van der Waals surface area contributed by atoms with E-state index >= 15 is 0 Å². The average Bonchev–Trinajstić information content (AvgIpc) is 3.76. The number of rotatable bonds is 4. The van der Waals surface area contributed by atoms with E-state index in [1.807, 2.05) is 11.6 Å². The molecule has 2 aliphatic heterocycles. The predicted molar refractivity (Wildman–Crippen MR) is 150 cm³/mol. The molecule has 6 heterocycles. The quantitative estimate of drug-likeness (QED) is 0.386. The first kappa shape index (κ1) is 24.3. The molecule has 0 radical (unpaired) electrons. The molecule has 0 bridgehead atoms. The number of hydrogen-bond acceptors (Lipinski definition) is 10. The average molecular weight is 557 g/mol. The summed E-state index contributed by atoms with van der Waals surface area (Å²) in [6.45, 7) is 2.88. The number of nitrogen functional groups attached to an aromatic ring is 1. The number of aromatic nitrogens is 5. The summed E-state index contributed by atoms with van der Waals surface area (Å²) in [6.07, 6.45) is 12.2. The topological polar surface area (TPSA) is 132 Å². The summed E-state index contributed by atoms with van der Waals surface area (Å²) in [5, 5.41) is 15.4. The van der Waals surface area contributed by atoms with Gasteiger partial charge in [0.15, 0.2) is 11.4 Å². The number of fused-ring (bicyclic) bond motifs is 6. The molecule has 8 rings (SSSR count). The van der Waals surface area contributed by atoms with Crippen molar-refractivity contribution in [3.8, 4) is 23.5 Å². The molecule has 0 saturated carbocycles. The molecule has 2 N–H and O–H groups in total. The molecule has 4 aromatic rings. The zero-order chi connectivity index (χ0) is 27.1. The first-order valence-electron chi connectivity index (χ1n) is 14.4. The SMILES string of the molecule is Cn1cnc2c(-c3onc4c3CCCC43CCCc4sc(N)c(C#N)c43)nc(OCC34CCCN3CCC4)nc21. The van der Waals surface area contributed by atoms with Crippen molar-refractivity contribution in [2.24, 2.45) is 7.05 Å². The van der Waals surface area contributed by atoms with Crippen molar-refractivity contribution in [1.82, 2.24) is 29.6 Å². The third-order valence-electron chi connectivity index (χ3n) is 9.91. The van der Waals surface area contributed by atoms with Gasteiger partial charge in [0, 0.05) is 22.9 Å². The summed E-state index contributed by atoms with van der Waals surface area (Å²) < 4.78 is 14.5. The number of nitriles is 1.